The van der Waals surface area contributed by atoms with Crippen LogP contribution in [0.25, 0.3) is 0 Å². The van der Waals surface area contributed by atoms with Crippen LogP contribution in [0.4, 0.5) is 23.2 Å². The van der Waals surface area contributed by atoms with Crippen LogP contribution >= 0.6 is 0 Å². The minimum Gasteiger partial charge on any atom is -0.466 e. The lowest BCUT2D eigenvalue weighted by Crippen LogP contribution is -2.52. The number of hydrogen-bond acceptors (Lipinski definition) is 8. The van der Waals surface area contributed by atoms with E-state index in [1.54, 1.807) is 0 Å². The monoisotopic (exact) mass is 407 g/mol. The number of methoxy groups -OCH3 is 2. The molecule has 3 rings (SSSR count). The van der Waals surface area contributed by atoms with Crippen molar-refractivity contribution in [3.63, 3.8) is 0 Å². The summed E-state index contributed by atoms with van der Waals surface area (Å²) in [5.74, 6) is -3.11. The number of rotatable bonds is 3. The number of ether oxygens (including phenoxy) is 5. The zero-order valence-corrected chi connectivity index (χ0v) is 14.5. The Balaban J connectivity index is 2.06. The van der Waals surface area contributed by atoms with Gasteiger partial charge >= 0.3 is 24.2 Å². The van der Waals surface area contributed by atoms with Gasteiger partial charge in [0.1, 0.15) is 12.4 Å². The number of hydrogen-bond donors (Lipinski definition) is 0. The molecule has 0 fully saturated rings. The molecule has 0 aliphatic carbocycles. The van der Waals surface area contributed by atoms with Crippen molar-refractivity contribution < 1.29 is 50.8 Å². The van der Waals surface area contributed by atoms with E-state index in [1.165, 1.54) is 6.07 Å². The minimum absolute atomic E-state index is 0.0184. The molecule has 28 heavy (non-hydrogen) atoms. The number of benzene rings is 1. The quantitative estimate of drug-likeness (QED) is 0.556. The van der Waals surface area contributed by atoms with E-state index < -0.39 is 35.7 Å². The summed E-state index contributed by atoms with van der Waals surface area (Å²) in [6.45, 7) is -0.528. The van der Waals surface area contributed by atoms with Gasteiger partial charge in [-0.15, -0.1) is 0 Å². The lowest BCUT2D eigenvalue weighted by molar-refractivity contribution is -0.391. The van der Waals surface area contributed by atoms with Crippen LogP contribution in [0.1, 0.15) is 0 Å². The van der Waals surface area contributed by atoms with E-state index in [4.69, 9.17) is 4.74 Å². The number of halogens is 4. The summed E-state index contributed by atoms with van der Waals surface area (Å²) < 4.78 is 76.0. The zero-order valence-electron chi connectivity index (χ0n) is 14.5. The van der Waals surface area contributed by atoms with Gasteiger partial charge in [-0.05, 0) is 12.1 Å². The molecule has 152 valence electrons. The van der Waals surface area contributed by atoms with Gasteiger partial charge in [0.15, 0.2) is 11.5 Å². The molecular weight excluding hydrogens is 394 g/mol. The highest BCUT2D eigenvalue weighted by molar-refractivity contribution is 6.03. The molecular formula is C16H13F4NO7. The smallest absolute Gasteiger partial charge is 0.466 e. The number of fused-ring (bicyclic) bond motifs is 1. The van der Waals surface area contributed by atoms with Crippen molar-refractivity contribution in [2.75, 3.05) is 32.5 Å². The normalized spacial score (nSPS) is 19.9. The summed E-state index contributed by atoms with van der Waals surface area (Å²) in [7, 11) is 2.17. The molecule has 0 saturated heterocycles. The highest BCUT2D eigenvalue weighted by Crippen LogP contribution is 2.48. The molecule has 0 atom stereocenters. The van der Waals surface area contributed by atoms with Crippen LogP contribution in [-0.2, 0) is 23.8 Å². The summed E-state index contributed by atoms with van der Waals surface area (Å²) >= 11 is 0. The summed E-state index contributed by atoms with van der Waals surface area (Å²) in [4.78, 5) is 25.3. The lowest BCUT2D eigenvalue weighted by Gasteiger charge is -2.34. The Morgan fingerprint density at radius 1 is 1.00 bits per heavy atom. The standard InChI is InChI=1S/C16H13F4NO7/c1-24-13(22)9-6-26-7-21(12(9)14(23)25-2)8-3-4-10-11(5-8)28-16(19,20)15(17,18)27-10/h3-5H,6-7H2,1-2H3. The highest BCUT2D eigenvalue weighted by atomic mass is 19.3. The van der Waals surface area contributed by atoms with Gasteiger partial charge in [-0.1, -0.05) is 0 Å². The van der Waals surface area contributed by atoms with Gasteiger partial charge in [0.25, 0.3) is 0 Å². The predicted octanol–water partition coefficient (Wildman–Crippen LogP) is 2.04. The number of carbonyl (C=O) groups excluding carboxylic acids is 2. The molecule has 1 aromatic rings. The van der Waals surface area contributed by atoms with Crippen LogP contribution in [0.5, 0.6) is 11.5 Å². The molecule has 2 aliphatic heterocycles. The molecule has 0 spiro atoms. The second-order valence-corrected chi connectivity index (χ2v) is 5.58. The lowest BCUT2D eigenvalue weighted by atomic mass is 10.1. The van der Waals surface area contributed by atoms with Crippen molar-refractivity contribution in [1.29, 1.82) is 0 Å². The van der Waals surface area contributed by atoms with E-state index in [0.717, 1.165) is 31.3 Å². The fraction of sp³-hybridized carbons (Fsp3) is 0.375. The third kappa shape index (κ3) is 3.19. The third-order valence-corrected chi connectivity index (χ3v) is 3.89. The topological polar surface area (TPSA) is 83.5 Å². The fourth-order valence-corrected chi connectivity index (χ4v) is 2.57. The summed E-state index contributed by atoms with van der Waals surface area (Å²) in [5, 5.41) is 0. The Hall–Kier alpha value is -3.02. The van der Waals surface area contributed by atoms with Crippen molar-refractivity contribution >= 4 is 17.6 Å². The number of anilines is 1. The Bertz CT molecular complexity index is 855. The zero-order chi connectivity index (χ0) is 20.7. The Kier molecular flexibility index (Phi) is 4.83. The van der Waals surface area contributed by atoms with E-state index in [9.17, 15) is 27.2 Å². The van der Waals surface area contributed by atoms with E-state index >= 15 is 0 Å². The van der Waals surface area contributed by atoms with Gasteiger partial charge in [0.2, 0.25) is 0 Å². The first kappa shape index (κ1) is 19.7. The maximum absolute atomic E-state index is 13.4. The van der Waals surface area contributed by atoms with Gasteiger partial charge in [-0.2, -0.15) is 17.6 Å². The molecule has 0 amide bonds. The van der Waals surface area contributed by atoms with Crippen molar-refractivity contribution in [3.05, 3.63) is 29.5 Å². The Labute approximate surface area is 155 Å². The average molecular weight is 407 g/mol. The van der Waals surface area contributed by atoms with E-state index in [2.05, 4.69) is 18.9 Å². The molecule has 8 nitrogen and oxygen atoms in total. The molecule has 0 unspecified atom stereocenters. The average Bonchev–Trinajstić information content (AvgIpc) is 2.66. The summed E-state index contributed by atoms with van der Waals surface area (Å²) in [5.41, 5.74) is -0.411. The van der Waals surface area contributed by atoms with Crippen LogP contribution in [0.15, 0.2) is 29.5 Å². The number of nitrogens with zero attached hydrogens (tertiary/aromatic N) is 1. The van der Waals surface area contributed by atoms with Crippen LogP contribution in [0, 0.1) is 0 Å². The molecule has 0 radical (unpaired) electrons. The van der Waals surface area contributed by atoms with Gasteiger partial charge in [-0.25, -0.2) is 9.59 Å². The first-order valence-corrected chi connectivity index (χ1v) is 7.64. The van der Waals surface area contributed by atoms with Crippen LogP contribution < -0.4 is 14.4 Å². The predicted molar refractivity (Wildman–Crippen MR) is 81.9 cm³/mol. The minimum atomic E-state index is -4.91. The molecule has 2 heterocycles. The number of esters is 2. The maximum atomic E-state index is 13.4. The molecule has 0 aromatic heterocycles. The third-order valence-electron chi connectivity index (χ3n) is 3.89. The highest BCUT2D eigenvalue weighted by Gasteiger charge is 2.66. The van der Waals surface area contributed by atoms with Crippen LogP contribution in [0.3, 0.4) is 0 Å². The van der Waals surface area contributed by atoms with Crippen molar-refractivity contribution in [3.8, 4) is 11.5 Å². The molecule has 1 aromatic carbocycles. The Morgan fingerprint density at radius 2 is 1.61 bits per heavy atom. The number of alkyl halides is 4. The fourth-order valence-electron chi connectivity index (χ4n) is 2.57. The summed E-state index contributed by atoms with van der Waals surface area (Å²) in [6.07, 6.45) is -9.76. The van der Waals surface area contributed by atoms with Crippen molar-refractivity contribution in [1.82, 2.24) is 0 Å². The SMILES string of the molecule is COC(=O)C1=C(C(=O)OC)N(c2ccc3c(c2)OC(F)(F)C(F)(F)O3)COC1. The molecule has 12 heteroatoms. The molecule has 0 N–H and O–H groups in total. The first-order valence-electron chi connectivity index (χ1n) is 7.64. The second kappa shape index (κ2) is 6.86. The maximum Gasteiger partial charge on any atom is 0.507 e. The number of carbonyl (C=O) groups is 2. The van der Waals surface area contributed by atoms with Gasteiger partial charge in [0.05, 0.1) is 26.4 Å². The molecule has 0 bridgehead atoms. The van der Waals surface area contributed by atoms with E-state index in [1.807, 2.05) is 0 Å². The largest absolute Gasteiger partial charge is 0.507 e. The molecule has 0 saturated carbocycles. The van der Waals surface area contributed by atoms with Crippen LogP contribution in [0.2, 0.25) is 0 Å². The second-order valence-electron chi connectivity index (χ2n) is 5.58. The summed E-state index contributed by atoms with van der Waals surface area (Å²) in [6, 6.07) is 3.08. The van der Waals surface area contributed by atoms with Crippen LogP contribution in [-0.4, -0.2) is 51.7 Å². The van der Waals surface area contributed by atoms with Crippen molar-refractivity contribution in [2.24, 2.45) is 0 Å². The molecule has 2 aliphatic rings. The van der Waals surface area contributed by atoms with Crippen molar-refractivity contribution in [2.45, 2.75) is 12.2 Å². The van der Waals surface area contributed by atoms with E-state index in [0.29, 0.717) is 0 Å². The van der Waals surface area contributed by atoms with Gasteiger partial charge < -0.3 is 28.6 Å². The van der Waals surface area contributed by atoms with E-state index in [-0.39, 0.29) is 30.3 Å². The Morgan fingerprint density at radius 3 is 2.21 bits per heavy atom. The first-order chi connectivity index (χ1) is 13.1. The van der Waals surface area contributed by atoms with Gasteiger partial charge in [0, 0.05) is 11.8 Å². The van der Waals surface area contributed by atoms with Gasteiger partial charge in [-0.3, -0.25) is 0 Å².